The van der Waals surface area contributed by atoms with Crippen molar-refractivity contribution < 1.29 is 18.7 Å². The van der Waals surface area contributed by atoms with Crippen LogP contribution in [0.15, 0.2) is 66.9 Å². The molecular formula is C22H19FN4O3. The van der Waals surface area contributed by atoms with Crippen molar-refractivity contribution >= 4 is 17.4 Å². The molecule has 0 aliphatic carbocycles. The third-order valence-electron chi connectivity index (χ3n) is 4.44. The van der Waals surface area contributed by atoms with Crippen LogP contribution in [0.4, 0.5) is 4.39 Å². The first kappa shape index (κ1) is 20.8. The Kier molecular flexibility index (Phi) is 6.59. The largest absolute Gasteiger partial charge is 0.494 e. The van der Waals surface area contributed by atoms with Crippen molar-refractivity contribution in [1.29, 1.82) is 0 Å². The highest BCUT2D eigenvalue weighted by atomic mass is 19.1. The SMILES string of the molecule is COc1cc(C/C(=C(/C)C(=O)NC(=O)c2ccncn2)c2cccnc2)ccc1F. The molecule has 0 fully saturated rings. The lowest BCUT2D eigenvalue weighted by molar-refractivity contribution is -0.116. The fourth-order valence-corrected chi connectivity index (χ4v) is 2.83. The van der Waals surface area contributed by atoms with E-state index < -0.39 is 17.6 Å². The molecule has 1 N–H and O–H groups in total. The minimum absolute atomic E-state index is 0.0809. The molecule has 0 spiro atoms. The summed E-state index contributed by atoms with van der Waals surface area (Å²) < 4.78 is 18.8. The number of amides is 2. The molecule has 2 amide bonds. The lowest BCUT2D eigenvalue weighted by Crippen LogP contribution is -2.32. The third-order valence-corrected chi connectivity index (χ3v) is 4.44. The Morgan fingerprint density at radius 2 is 1.97 bits per heavy atom. The van der Waals surface area contributed by atoms with Crippen LogP contribution in [0.2, 0.25) is 0 Å². The number of allylic oxidation sites excluding steroid dienone is 1. The van der Waals surface area contributed by atoms with Gasteiger partial charge in [0, 0.05) is 24.2 Å². The van der Waals surface area contributed by atoms with Gasteiger partial charge in [0.2, 0.25) is 0 Å². The van der Waals surface area contributed by atoms with Gasteiger partial charge in [-0.15, -0.1) is 0 Å². The van der Waals surface area contributed by atoms with E-state index in [1.807, 2.05) is 6.07 Å². The van der Waals surface area contributed by atoms with Gasteiger partial charge < -0.3 is 4.74 Å². The molecule has 0 radical (unpaired) electrons. The second kappa shape index (κ2) is 9.51. The average molecular weight is 406 g/mol. The zero-order valence-corrected chi connectivity index (χ0v) is 16.4. The molecule has 1 aromatic carbocycles. The number of hydrogen-bond acceptors (Lipinski definition) is 6. The molecule has 0 aliphatic rings. The summed E-state index contributed by atoms with van der Waals surface area (Å²) in [6.45, 7) is 1.62. The number of nitrogens with zero attached hydrogens (tertiary/aromatic N) is 3. The first-order chi connectivity index (χ1) is 14.5. The second-order valence-corrected chi connectivity index (χ2v) is 6.37. The van der Waals surface area contributed by atoms with Crippen LogP contribution in [-0.2, 0) is 11.2 Å². The number of halogens is 1. The van der Waals surface area contributed by atoms with Crippen LogP contribution in [0.1, 0.15) is 28.5 Å². The maximum atomic E-state index is 13.8. The molecule has 2 heterocycles. The van der Waals surface area contributed by atoms with Gasteiger partial charge >= 0.3 is 0 Å². The molecule has 0 saturated carbocycles. The van der Waals surface area contributed by atoms with Gasteiger partial charge in [0.15, 0.2) is 11.6 Å². The van der Waals surface area contributed by atoms with Crippen molar-refractivity contribution in [2.24, 2.45) is 0 Å². The minimum atomic E-state index is -0.629. The van der Waals surface area contributed by atoms with E-state index in [1.165, 1.54) is 31.8 Å². The van der Waals surface area contributed by atoms with E-state index in [0.29, 0.717) is 23.1 Å². The highest BCUT2D eigenvalue weighted by Crippen LogP contribution is 2.26. The number of rotatable bonds is 6. The van der Waals surface area contributed by atoms with Gasteiger partial charge in [-0.05, 0) is 54.3 Å². The summed E-state index contributed by atoms with van der Waals surface area (Å²) in [6, 6.07) is 9.47. The van der Waals surface area contributed by atoms with E-state index >= 15 is 0 Å². The molecule has 30 heavy (non-hydrogen) atoms. The Morgan fingerprint density at radius 3 is 2.63 bits per heavy atom. The Bertz CT molecular complexity index is 1090. The number of pyridine rings is 1. The van der Waals surface area contributed by atoms with Gasteiger partial charge in [-0.1, -0.05) is 12.1 Å². The highest BCUT2D eigenvalue weighted by molar-refractivity contribution is 6.12. The summed E-state index contributed by atoms with van der Waals surface area (Å²) >= 11 is 0. The number of methoxy groups -OCH3 is 1. The van der Waals surface area contributed by atoms with Crippen LogP contribution in [0.5, 0.6) is 5.75 Å². The molecule has 0 saturated heterocycles. The Labute approximate surface area is 172 Å². The van der Waals surface area contributed by atoms with Gasteiger partial charge in [-0.3, -0.25) is 19.9 Å². The van der Waals surface area contributed by atoms with Crippen molar-refractivity contribution in [3.05, 3.63) is 89.5 Å². The van der Waals surface area contributed by atoms with E-state index in [9.17, 15) is 14.0 Å². The molecule has 0 unspecified atom stereocenters. The zero-order chi connectivity index (χ0) is 21.5. The lowest BCUT2D eigenvalue weighted by atomic mass is 9.94. The summed E-state index contributed by atoms with van der Waals surface area (Å²) in [6.07, 6.45) is 6.20. The van der Waals surface area contributed by atoms with E-state index in [4.69, 9.17) is 4.74 Å². The summed E-state index contributed by atoms with van der Waals surface area (Å²) in [5, 5.41) is 2.33. The Morgan fingerprint density at radius 1 is 1.13 bits per heavy atom. The normalized spacial score (nSPS) is 11.4. The maximum absolute atomic E-state index is 13.8. The quantitative estimate of drug-likeness (QED) is 0.633. The van der Waals surface area contributed by atoms with Crippen LogP contribution < -0.4 is 10.1 Å². The number of ether oxygens (including phenoxy) is 1. The van der Waals surface area contributed by atoms with Crippen LogP contribution in [0.25, 0.3) is 5.57 Å². The number of hydrogen-bond donors (Lipinski definition) is 1. The highest BCUT2D eigenvalue weighted by Gasteiger charge is 2.18. The molecule has 7 nitrogen and oxygen atoms in total. The number of carbonyl (C=O) groups is 2. The van der Waals surface area contributed by atoms with E-state index in [-0.39, 0.29) is 11.4 Å². The number of benzene rings is 1. The molecular weight excluding hydrogens is 387 g/mol. The second-order valence-electron chi connectivity index (χ2n) is 6.37. The van der Waals surface area contributed by atoms with Gasteiger partial charge in [-0.2, -0.15) is 0 Å². The van der Waals surface area contributed by atoms with Gasteiger partial charge in [0.25, 0.3) is 11.8 Å². The zero-order valence-electron chi connectivity index (χ0n) is 16.4. The van der Waals surface area contributed by atoms with Crippen LogP contribution in [-0.4, -0.2) is 33.9 Å². The van der Waals surface area contributed by atoms with E-state index in [1.54, 1.807) is 37.5 Å². The molecule has 3 rings (SSSR count). The molecule has 152 valence electrons. The standard InChI is InChI=1S/C22H19FN4O3/c1-14(21(28)27-22(29)19-7-9-25-13-26-19)17(16-4-3-8-24-12-16)10-15-5-6-18(23)20(11-15)30-2/h3-9,11-13H,10H2,1-2H3,(H,27,28,29)/b17-14+. The molecule has 0 bridgehead atoms. The summed E-state index contributed by atoms with van der Waals surface area (Å²) in [5.74, 6) is -1.56. The lowest BCUT2D eigenvalue weighted by Gasteiger charge is -2.14. The average Bonchev–Trinajstić information content (AvgIpc) is 2.79. The number of imide groups is 1. The van der Waals surface area contributed by atoms with Gasteiger partial charge in [0.1, 0.15) is 12.0 Å². The molecule has 3 aromatic rings. The Balaban J connectivity index is 1.93. The van der Waals surface area contributed by atoms with Gasteiger partial charge in [-0.25, -0.2) is 14.4 Å². The smallest absolute Gasteiger partial charge is 0.276 e. The molecule has 0 atom stereocenters. The first-order valence-corrected chi connectivity index (χ1v) is 9.04. The van der Waals surface area contributed by atoms with Crippen molar-refractivity contribution in [3.63, 3.8) is 0 Å². The van der Waals surface area contributed by atoms with Crippen LogP contribution in [0, 0.1) is 5.82 Å². The van der Waals surface area contributed by atoms with E-state index in [2.05, 4.69) is 20.3 Å². The Hall–Kier alpha value is -3.94. The maximum Gasteiger partial charge on any atom is 0.276 e. The number of aromatic nitrogens is 3. The fourth-order valence-electron chi connectivity index (χ4n) is 2.83. The van der Waals surface area contributed by atoms with Crippen molar-refractivity contribution in [1.82, 2.24) is 20.3 Å². The minimum Gasteiger partial charge on any atom is -0.494 e. The fraction of sp³-hybridized carbons (Fsp3) is 0.136. The number of nitrogens with one attached hydrogen (secondary N) is 1. The monoisotopic (exact) mass is 406 g/mol. The third kappa shape index (κ3) is 4.91. The van der Waals surface area contributed by atoms with E-state index in [0.717, 1.165) is 5.56 Å². The first-order valence-electron chi connectivity index (χ1n) is 9.04. The predicted molar refractivity (Wildman–Crippen MR) is 108 cm³/mol. The van der Waals surface area contributed by atoms with Crippen LogP contribution in [0.3, 0.4) is 0 Å². The molecule has 0 aliphatic heterocycles. The topological polar surface area (TPSA) is 94.1 Å². The summed E-state index contributed by atoms with van der Waals surface area (Å²) in [5.41, 5.74) is 2.50. The van der Waals surface area contributed by atoms with Crippen molar-refractivity contribution in [2.75, 3.05) is 7.11 Å². The summed E-state index contributed by atoms with van der Waals surface area (Å²) in [7, 11) is 1.39. The predicted octanol–water partition coefficient (Wildman–Crippen LogP) is 2.99. The van der Waals surface area contributed by atoms with Gasteiger partial charge in [0.05, 0.1) is 7.11 Å². The number of carbonyl (C=O) groups excluding carboxylic acids is 2. The molecule has 2 aromatic heterocycles. The summed E-state index contributed by atoms with van der Waals surface area (Å²) in [4.78, 5) is 36.8. The van der Waals surface area contributed by atoms with Crippen molar-refractivity contribution in [3.8, 4) is 5.75 Å². The molecule has 8 heteroatoms. The van der Waals surface area contributed by atoms with Crippen LogP contribution >= 0.6 is 0 Å². The van der Waals surface area contributed by atoms with Crippen molar-refractivity contribution in [2.45, 2.75) is 13.3 Å².